The molecular weight excluding hydrogens is 310 g/mol. The maximum atomic E-state index is 3.77. The topological polar surface area (TPSA) is 12.0 Å². The van der Waals surface area contributed by atoms with Crippen molar-refractivity contribution in [2.45, 2.75) is 0 Å². The largest absolute Gasteiger partial charge is 0.356 e. The average Bonchev–Trinajstić information content (AvgIpc) is 2.48. The standard InChI is InChI=1S/C18H16BrN/c1-3-5-17(4-2)20-18-12-8-15(9-13-18)14-6-10-16(19)11-7-14/h3-13,20H,1-2H2/b17-5+. The van der Waals surface area contributed by atoms with Crippen LogP contribution in [0.1, 0.15) is 0 Å². The van der Waals surface area contributed by atoms with Crippen LogP contribution in [0.15, 0.2) is 90.1 Å². The minimum Gasteiger partial charge on any atom is -0.356 e. The van der Waals surface area contributed by atoms with Gasteiger partial charge in [0.1, 0.15) is 0 Å². The molecule has 2 aromatic carbocycles. The van der Waals surface area contributed by atoms with Crippen LogP contribution in [0, 0.1) is 0 Å². The normalized spacial score (nSPS) is 10.9. The Bertz CT molecular complexity index is 621. The third-order valence-electron chi connectivity index (χ3n) is 2.87. The Kier molecular flexibility index (Phi) is 4.97. The van der Waals surface area contributed by atoms with Crippen LogP contribution in [0.5, 0.6) is 0 Å². The Morgan fingerprint density at radius 3 is 1.95 bits per heavy atom. The van der Waals surface area contributed by atoms with E-state index in [9.17, 15) is 0 Å². The molecular formula is C18H16BrN. The maximum Gasteiger partial charge on any atom is 0.0384 e. The van der Waals surface area contributed by atoms with E-state index in [2.05, 4.69) is 70.8 Å². The molecule has 100 valence electrons. The summed E-state index contributed by atoms with van der Waals surface area (Å²) in [6.45, 7) is 7.45. The molecule has 0 unspecified atom stereocenters. The summed E-state index contributed by atoms with van der Waals surface area (Å²) in [7, 11) is 0. The van der Waals surface area contributed by atoms with E-state index in [0.717, 1.165) is 15.9 Å². The summed E-state index contributed by atoms with van der Waals surface area (Å²) in [5, 5.41) is 3.28. The molecule has 0 heterocycles. The van der Waals surface area contributed by atoms with E-state index >= 15 is 0 Å². The lowest BCUT2D eigenvalue weighted by Crippen LogP contribution is -1.95. The first-order valence-electron chi connectivity index (χ1n) is 6.31. The van der Waals surface area contributed by atoms with Gasteiger partial charge in [-0.3, -0.25) is 0 Å². The number of nitrogens with one attached hydrogen (secondary N) is 1. The molecule has 0 saturated carbocycles. The van der Waals surface area contributed by atoms with Gasteiger partial charge in [-0.2, -0.15) is 0 Å². The van der Waals surface area contributed by atoms with Gasteiger partial charge in [-0.1, -0.05) is 59.4 Å². The van der Waals surface area contributed by atoms with E-state index in [4.69, 9.17) is 0 Å². The van der Waals surface area contributed by atoms with Crippen molar-refractivity contribution in [3.63, 3.8) is 0 Å². The van der Waals surface area contributed by atoms with Gasteiger partial charge in [0.05, 0.1) is 0 Å². The highest BCUT2D eigenvalue weighted by Crippen LogP contribution is 2.23. The van der Waals surface area contributed by atoms with Crippen molar-refractivity contribution < 1.29 is 0 Å². The van der Waals surface area contributed by atoms with Crippen LogP contribution in [-0.2, 0) is 0 Å². The van der Waals surface area contributed by atoms with Crippen LogP contribution in [0.2, 0.25) is 0 Å². The van der Waals surface area contributed by atoms with Gasteiger partial charge in [0.2, 0.25) is 0 Å². The van der Waals surface area contributed by atoms with Crippen LogP contribution in [0.3, 0.4) is 0 Å². The van der Waals surface area contributed by atoms with Crippen molar-refractivity contribution in [1.82, 2.24) is 0 Å². The molecule has 0 aliphatic heterocycles. The smallest absolute Gasteiger partial charge is 0.0384 e. The van der Waals surface area contributed by atoms with E-state index < -0.39 is 0 Å². The minimum atomic E-state index is 0.927. The molecule has 0 atom stereocenters. The van der Waals surface area contributed by atoms with Gasteiger partial charge in [0.15, 0.2) is 0 Å². The van der Waals surface area contributed by atoms with Crippen molar-refractivity contribution in [1.29, 1.82) is 0 Å². The van der Waals surface area contributed by atoms with Gasteiger partial charge in [0.25, 0.3) is 0 Å². The summed E-state index contributed by atoms with van der Waals surface area (Å²) in [6.07, 6.45) is 5.39. The number of allylic oxidation sites excluding steroid dienone is 3. The van der Waals surface area contributed by atoms with Crippen LogP contribution in [-0.4, -0.2) is 0 Å². The first-order valence-corrected chi connectivity index (χ1v) is 7.10. The number of anilines is 1. The lowest BCUT2D eigenvalue weighted by molar-refractivity contribution is 1.48. The molecule has 2 rings (SSSR count). The van der Waals surface area contributed by atoms with E-state index in [1.165, 1.54) is 11.1 Å². The van der Waals surface area contributed by atoms with Crippen LogP contribution in [0.4, 0.5) is 5.69 Å². The summed E-state index contributed by atoms with van der Waals surface area (Å²) in [5.74, 6) is 0. The third kappa shape index (κ3) is 3.72. The molecule has 0 radical (unpaired) electrons. The predicted octanol–water partition coefficient (Wildman–Crippen LogP) is 5.78. The van der Waals surface area contributed by atoms with Gasteiger partial charge in [-0.25, -0.2) is 0 Å². The van der Waals surface area contributed by atoms with Gasteiger partial charge < -0.3 is 5.32 Å². The van der Waals surface area contributed by atoms with Gasteiger partial charge in [0, 0.05) is 15.9 Å². The fraction of sp³-hybridized carbons (Fsp3) is 0. The SMILES string of the molecule is C=C/C=C(\C=C)Nc1ccc(-c2ccc(Br)cc2)cc1. The molecule has 2 aromatic rings. The molecule has 0 bridgehead atoms. The molecule has 0 aliphatic rings. The van der Waals surface area contributed by atoms with E-state index in [-0.39, 0.29) is 0 Å². The molecule has 0 spiro atoms. The molecule has 0 fully saturated rings. The molecule has 1 nitrogen and oxygen atoms in total. The Hall–Kier alpha value is -2.06. The second-order valence-corrected chi connectivity index (χ2v) is 5.19. The van der Waals surface area contributed by atoms with Crippen molar-refractivity contribution in [2.24, 2.45) is 0 Å². The van der Waals surface area contributed by atoms with Crippen LogP contribution < -0.4 is 5.32 Å². The van der Waals surface area contributed by atoms with Gasteiger partial charge in [-0.15, -0.1) is 0 Å². The zero-order valence-electron chi connectivity index (χ0n) is 11.1. The van der Waals surface area contributed by atoms with Crippen LogP contribution >= 0.6 is 15.9 Å². The zero-order valence-corrected chi connectivity index (χ0v) is 12.7. The fourth-order valence-corrected chi connectivity index (χ4v) is 2.11. The summed E-state index contributed by atoms with van der Waals surface area (Å²) in [6, 6.07) is 16.6. The second kappa shape index (κ2) is 6.92. The number of halogens is 1. The molecule has 2 heteroatoms. The zero-order chi connectivity index (χ0) is 14.4. The monoisotopic (exact) mass is 325 g/mol. The summed E-state index contributed by atoms with van der Waals surface area (Å²) >= 11 is 3.45. The van der Waals surface area contributed by atoms with Crippen molar-refractivity contribution in [3.8, 4) is 11.1 Å². The van der Waals surface area contributed by atoms with E-state index in [1.54, 1.807) is 12.2 Å². The van der Waals surface area contributed by atoms with Gasteiger partial charge >= 0.3 is 0 Å². The number of hydrogen-bond acceptors (Lipinski definition) is 1. The number of rotatable bonds is 5. The van der Waals surface area contributed by atoms with Gasteiger partial charge in [-0.05, 0) is 47.5 Å². The van der Waals surface area contributed by atoms with Crippen molar-refractivity contribution in [2.75, 3.05) is 5.32 Å². The molecule has 0 aliphatic carbocycles. The van der Waals surface area contributed by atoms with Crippen LogP contribution in [0.25, 0.3) is 11.1 Å². The van der Waals surface area contributed by atoms with Crippen molar-refractivity contribution in [3.05, 3.63) is 90.1 Å². The second-order valence-electron chi connectivity index (χ2n) is 4.27. The summed E-state index contributed by atoms with van der Waals surface area (Å²) in [5.41, 5.74) is 4.34. The fourth-order valence-electron chi connectivity index (χ4n) is 1.84. The molecule has 20 heavy (non-hydrogen) atoms. The van der Waals surface area contributed by atoms with Crippen molar-refractivity contribution >= 4 is 21.6 Å². The summed E-state index contributed by atoms with van der Waals surface area (Å²) in [4.78, 5) is 0. The molecule has 0 aromatic heterocycles. The third-order valence-corrected chi connectivity index (χ3v) is 3.40. The quantitative estimate of drug-likeness (QED) is 0.686. The highest BCUT2D eigenvalue weighted by atomic mass is 79.9. The maximum absolute atomic E-state index is 3.77. The molecule has 1 N–H and O–H groups in total. The molecule has 0 amide bonds. The Morgan fingerprint density at radius 2 is 1.45 bits per heavy atom. The number of hydrogen-bond donors (Lipinski definition) is 1. The Labute approximate surface area is 128 Å². The Balaban J connectivity index is 2.17. The predicted molar refractivity (Wildman–Crippen MR) is 91.7 cm³/mol. The molecule has 0 saturated heterocycles. The summed E-state index contributed by atoms with van der Waals surface area (Å²) < 4.78 is 1.09. The lowest BCUT2D eigenvalue weighted by Gasteiger charge is -2.08. The highest BCUT2D eigenvalue weighted by molar-refractivity contribution is 9.10. The lowest BCUT2D eigenvalue weighted by atomic mass is 10.1. The van der Waals surface area contributed by atoms with E-state index in [1.807, 2.05) is 18.2 Å². The first-order chi connectivity index (χ1) is 9.72. The average molecular weight is 326 g/mol. The Morgan fingerprint density at radius 1 is 0.900 bits per heavy atom. The minimum absolute atomic E-state index is 0.927. The number of benzene rings is 2. The first kappa shape index (κ1) is 14.4. The van der Waals surface area contributed by atoms with E-state index in [0.29, 0.717) is 0 Å². The highest BCUT2D eigenvalue weighted by Gasteiger charge is 1.98.